The van der Waals surface area contributed by atoms with Gasteiger partial charge in [-0.05, 0) is 120 Å². The van der Waals surface area contributed by atoms with Gasteiger partial charge in [-0.25, -0.2) is 4.98 Å². The first-order chi connectivity index (χ1) is 31.7. The molecule has 2 heteroatoms. The van der Waals surface area contributed by atoms with Gasteiger partial charge in [-0.1, -0.05) is 200 Å². The Balaban J connectivity index is 1.13. The molecule has 0 unspecified atom stereocenters. The molecule has 2 heterocycles. The number of rotatable bonds is 7. The summed E-state index contributed by atoms with van der Waals surface area (Å²) in [6, 6.07) is 77.6. The van der Waals surface area contributed by atoms with E-state index in [0.717, 1.165) is 44.6 Å². The number of hydrogen-bond acceptors (Lipinski definition) is 1. The van der Waals surface area contributed by atoms with E-state index in [1.54, 1.807) is 0 Å². The summed E-state index contributed by atoms with van der Waals surface area (Å²) in [6.45, 7) is 2.05. The van der Waals surface area contributed by atoms with Crippen LogP contribution < -0.4 is 0 Å². The third-order valence-corrected chi connectivity index (χ3v) is 12.8. The number of imidazole rings is 1. The molecule has 64 heavy (non-hydrogen) atoms. The first kappa shape index (κ1) is 37.4. The molecule has 0 N–H and O–H groups in total. The molecule has 0 bridgehead atoms. The average molecular weight is 815 g/mol. The lowest BCUT2D eigenvalue weighted by Gasteiger charge is -2.19. The number of hydrogen-bond donors (Lipinski definition) is 0. The van der Waals surface area contributed by atoms with Gasteiger partial charge in [0.25, 0.3) is 0 Å². The molecule has 0 aliphatic heterocycles. The largest absolute Gasteiger partial charge is 0.291 e. The number of aromatic nitrogens is 2. The molecule has 0 aliphatic rings. The Morgan fingerprint density at radius 2 is 0.953 bits per heavy atom. The first-order valence-electron chi connectivity index (χ1n) is 22.1. The van der Waals surface area contributed by atoms with Crippen LogP contribution in [0.25, 0.3) is 122 Å². The molecule has 2 aromatic heterocycles. The van der Waals surface area contributed by atoms with Crippen molar-refractivity contribution in [1.82, 2.24) is 9.38 Å². The van der Waals surface area contributed by atoms with Crippen molar-refractivity contribution in [3.63, 3.8) is 0 Å². The van der Waals surface area contributed by atoms with Gasteiger partial charge in [-0.15, -0.1) is 0 Å². The number of fused-ring (bicyclic) bond motifs is 9. The Hall–Kier alpha value is -8.33. The van der Waals surface area contributed by atoms with Gasteiger partial charge in [-0.3, -0.25) is 4.40 Å². The van der Waals surface area contributed by atoms with E-state index in [4.69, 9.17) is 4.98 Å². The number of allylic oxidation sites excluding steroid dienone is 3. The lowest BCUT2D eigenvalue weighted by molar-refractivity contribution is 1.27. The van der Waals surface area contributed by atoms with Crippen LogP contribution in [0.4, 0.5) is 0 Å². The first-order valence-corrected chi connectivity index (χ1v) is 22.1. The third-order valence-electron chi connectivity index (χ3n) is 12.8. The molecule has 2 nitrogen and oxygen atoms in total. The molecule has 12 rings (SSSR count). The quantitative estimate of drug-likeness (QED) is 0.0890. The summed E-state index contributed by atoms with van der Waals surface area (Å²) in [5, 5.41) is 10.9. The monoisotopic (exact) mass is 814 g/mol. The Labute approximate surface area is 372 Å². The van der Waals surface area contributed by atoms with Crippen LogP contribution in [0.1, 0.15) is 12.5 Å². The van der Waals surface area contributed by atoms with E-state index in [0.29, 0.717) is 0 Å². The third kappa shape index (κ3) is 6.22. The Morgan fingerprint density at radius 1 is 0.375 bits per heavy atom. The summed E-state index contributed by atoms with van der Waals surface area (Å²) in [4.78, 5) is 5.50. The zero-order valence-electron chi connectivity index (χ0n) is 35.4. The maximum Gasteiger partial charge on any atom is 0.146 e. The number of pyridine rings is 1. The van der Waals surface area contributed by atoms with Crippen molar-refractivity contribution in [3.05, 3.63) is 236 Å². The molecule has 0 atom stereocenters. The highest BCUT2D eigenvalue weighted by molar-refractivity contribution is 6.22. The van der Waals surface area contributed by atoms with Crippen LogP contribution in [0, 0.1) is 0 Å². The molecule has 0 saturated heterocycles. The van der Waals surface area contributed by atoms with Gasteiger partial charge < -0.3 is 0 Å². The second-order valence-electron chi connectivity index (χ2n) is 16.6. The molecule has 0 amide bonds. The van der Waals surface area contributed by atoms with Gasteiger partial charge in [0.05, 0.1) is 16.9 Å². The van der Waals surface area contributed by atoms with Gasteiger partial charge in [0.2, 0.25) is 0 Å². The van der Waals surface area contributed by atoms with Crippen LogP contribution in [-0.2, 0) is 0 Å². The molecule has 0 saturated carbocycles. The van der Waals surface area contributed by atoms with Crippen LogP contribution in [-0.4, -0.2) is 9.38 Å². The van der Waals surface area contributed by atoms with E-state index in [1.807, 2.05) is 6.92 Å². The summed E-state index contributed by atoms with van der Waals surface area (Å²) < 4.78 is 2.37. The van der Waals surface area contributed by atoms with Crippen LogP contribution in [0.3, 0.4) is 0 Å². The van der Waals surface area contributed by atoms with Gasteiger partial charge in [0.1, 0.15) is 5.65 Å². The maximum atomic E-state index is 5.50. The lowest BCUT2D eigenvalue weighted by atomic mass is 9.84. The molecule has 0 fully saturated rings. The summed E-state index contributed by atoms with van der Waals surface area (Å²) in [6.07, 6.45) is 8.43. The van der Waals surface area contributed by atoms with E-state index >= 15 is 0 Å². The van der Waals surface area contributed by atoms with Gasteiger partial charge >= 0.3 is 0 Å². The molecule has 10 aromatic carbocycles. The van der Waals surface area contributed by atoms with Crippen LogP contribution in [0.15, 0.2) is 231 Å². The van der Waals surface area contributed by atoms with E-state index in [2.05, 4.69) is 241 Å². The van der Waals surface area contributed by atoms with E-state index in [9.17, 15) is 0 Å². The van der Waals surface area contributed by atoms with Crippen molar-refractivity contribution in [2.45, 2.75) is 6.92 Å². The van der Waals surface area contributed by atoms with Gasteiger partial charge in [0, 0.05) is 21.9 Å². The summed E-state index contributed by atoms with van der Waals surface area (Å²) in [5.41, 5.74) is 14.8. The topological polar surface area (TPSA) is 17.3 Å². The fraction of sp³-hybridized carbons (Fsp3) is 0.0161. The summed E-state index contributed by atoms with van der Waals surface area (Å²) in [5.74, 6) is 0. The smallest absolute Gasteiger partial charge is 0.146 e. The van der Waals surface area contributed by atoms with Crippen molar-refractivity contribution >= 4 is 65.7 Å². The molecular weight excluding hydrogens is 773 g/mol. The number of nitrogens with zero attached hydrogens (tertiary/aromatic N) is 2. The highest BCUT2D eigenvalue weighted by Crippen LogP contribution is 2.46. The Morgan fingerprint density at radius 3 is 1.72 bits per heavy atom. The minimum Gasteiger partial charge on any atom is -0.291 e. The normalized spacial score (nSPS) is 12.0. The van der Waals surface area contributed by atoms with Crippen LogP contribution in [0.5, 0.6) is 0 Å². The van der Waals surface area contributed by atoms with Crippen molar-refractivity contribution in [1.29, 1.82) is 0 Å². The van der Waals surface area contributed by atoms with Crippen molar-refractivity contribution < 1.29 is 0 Å². The van der Waals surface area contributed by atoms with Gasteiger partial charge in [0.15, 0.2) is 0 Å². The van der Waals surface area contributed by atoms with Crippen molar-refractivity contribution in [2.75, 3.05) is 0 Å². The lowest BCUT2D eigenvalue weighted by Crippen LogP contribution is -1.95. The second kappa shape index (κ2) is 15.5. The molecular formula is C62H42N2. The van der Waals surface area contributed by atoms with E-state index in [-0.39, 0.29) is 0 Å². The second-order valence-corrected chi connectivity index (χ2v) is 16.6. The van der Waals surface area contributed by atoms with E-state index < -0.39 is 0 Å². The number of para-hydroxylation sites is 1. The SMILES string of the molecule is C/C=C\C=C/c1cccc(-c2c3ccccc3c(-c3ccc4ccccc4c3)c3cc(-c4ccc5c(c4)c4ccccc4n4c(-c6ccccc6)c(-c6ccccc6)nc54)ccc23)c1. The molecule has 0 radical (unpaired) electrons. The standard InChI is InChI=1S/C62H42N2/c1-2-3-6-18-41-19-17-26-48(37-41)58-51-28-13-14-29-52(51)59(49-32-31-42-20-11-12-25-45(42)38-49)56-40-47(33-35-53(56)58)46-34-36-54-55(39-46)50-27-15-16-30-57(50)64-61(44-23-9-5-10-24-44)60(63-62(54)64)43-21-7-4-8-22-43/h2-40H,1H3/b3-2-,18-6-. The number of benzene rings is 10. The predicted molar refractivity (Wildman–Crippen MR) is 274 cm³/mol. The molecule has 12 aromatic rings. The highest BCUT2D eigenvalue weighted by Gasteiger charge is 2.22. The van der Waals surface area contributed by atoms with E-state index in [1.165, 1.54) is 76.5 Å². The summed E-state index contributed by atoms with van der Waals surface area (Å²) >= 11 is 0. The minimum atomic E-state index is 0.953. The molecule has 300 valence electrons. The Kier molecular flexibility index (Phi) is 9.09. The Bertz CT molecular complexity index is 3830. The van der Waals surface area contributed by atoms with Crippen LogP contribution in [0.2, 0.25) is 0 Å². The average Bonchev–Trinajstić information content (AvgIpc) is 3.77. The zero-order chi connectivity index (χ0) is 42.6. The van der Waals surface area contributed by atoms with Gasteiger partial charge in [-0.2, -0.15) is 0 Å². The maximum absolute atomic E-state index is 5.50. The zero-order valence-corrected chi connectivity index (χ0v) is 35.4. The van der Waals surface area contributed by atoms with Crippen LogP contribution >= 0.6 is 0 Å². The fourth-order valence-corrected chi connectivity index (χ4v) is 9.93. The van der Waals surface area contributed by atoms with Crippen molar-refractivity contribution in [3.8, 4) is 55.9 Å². The molecule has 0 aliphatic carbocycles. The summed E-state index contributed by atoms with van der Waals surface area (Å²) in [7, 11) is 0. The van der Waals surface area contributed by atoms with Crippen molar-refractivity contribution in [2.24, 2.45) is 0 Å². The fourth-order valence-electron chi connectivity index (χ4n) is 9.93. The minimum absolute atomic E-state index is 0.953. The highest BCUT2D eigenvalue weighted by atomic mass is 15.0. The molecule has 0 spiro atoms. The predicted octanol–water partition coefficient (Wildman–Crippen LogP) is 17.0.